The standard InChI is InChI=1S/C7H14O/c1-4-6(3)7(8)5-2/h5-8H,2,4H2,1,3H3/t6-,7+/m0/s1. The van der Waals surface area contributed by atoms with Gasteiger partial charge in [0.25, 0.3) is 0 Å². The summed E-state index contributed by atoms with van der Waals surface area (Å²) < 4.78 is 0. The van der Waals surface area contributed by atoms with Crippen LogP contribution in [0.2, 0.25) is 0 Å². The van der Waals surface area contributed by atoms with E-state index in [0.717, 1.165) is 6.42 Å². The largest absolute Gasteiger partial charge is 0.389 e. The second-order valence-electron chi connectivity index (χ2n) is 2.11. The van der Waals surface area contributed by atoms with Gasteiger partial charge in [0.2, 0.25) is 0 Å². The van der Waals surface area contributed by atoms with Crippen LogP contribution >= 0.6 is 0 Å². The molecule has 2 atom stereocenters. The maximum Gasteiger partial charge on any atom is 0.0743 e. The van der Waals surface area contributed by atoms with Gasteiger partial charge in [0.05, 0.1) is 6.10 Å². The van der Waals surface area contributed by atoms with E-state index in [2.05, 4.69) is 13.5 Å². The maximum absolute atomic E-state index is 9.01. The van der Waals surface area contributed by atoms with E-state index in [0.29, 0.717) is 5.92 Å². The third-order valence-electron chi connectivity index (χ3n) is 1.47. The SMILES string of the molecule is C=C[C@@H](O)[C@@H](C)CC. The summed E-state index contributed by atoms with van der Waals surface area (Å²) in [7, 11) is 0. The molecule has 0 radical (unpaired) electrons. The van der Waals surface area contributed by atoms with Gasteiger partial charge in [-0.2, -0.15) is 0 Å². The molecule has 0 spiro atoms. The molecule has 0 aliphatic carbocycles. The van der Waals surface area contributed by atoms with Gasteiger partial charge in [-0.1, -0.05) is 26.3 Å². The summed E-state index contributed by atoms with van der Waals surface area (Å²) in [6, 6.07) is 0. The van der Waals surface area contributed by atoms with Crippen molar-refractivity contribution in [2.24, 2.45) is 5.92 Å². The Morgan fingerprint density at radius 2 is 2.25 bits per heavy atom. The van der Waals surface area contributed by atoms with Crippen molar-refractivity contribution in [2.75, 3.05) is 0 Å². The van der Waals surface area contributed by atoms with Crippen molar-refractivity contribution in [1.82, 2.24) is 0 Å². The molecule has 1 N–H and O–H groups in total. The van der Waals surface area contributed by atoms with E-state index < -0.39 is 0 Å². The predicted molar refractivity (Wildman–Crippen MR) is 35.7 cm³/mol. The molecule has 0 aromatic carbocycles. The van der Waals surface area contributed by atoms with E-state index in [9.17, 15) is 0 Å². The molecule has 0 saturated heterocycles. The van der Waals surface area contributed by atoms with E-state index >= 15 is 0 Å². The van der Waals surface area contributed by atoms with Gasteiger partial charge in [-0.25, -0.2) is 0 Å². The smallest absolute Gasteiger partial charge is 0.0743 e. The lowest BCUT2D eigenvalue weighted by molar-refractivity contribution is 0.160. The van der Waals surface area contributed by atoms with Crippen LogP contribution < -0.4 is 0 Å². The van der Waals surface area contributed by atoms with E-state index in [-0.39, 0.29) is 6.10 Å². The minimum atomic E-state index is -0.319. The van der Waals surface area contributed by atoms with Gasteiger partial charge in [0.1, 0.15) is 0 Å². The van der Waals surface area contributed by atoms with E-state index in [1.54, 1.807) is 6.08 Å². The summed E-state index contributed by atoms with van der Waals surface area (Å²) in [6.45, 7) is 7.54. The van der Waals surface area contributed by atoms with E-state index in [1.165, 1.54) is 0 Å². The summed E-state index contributed by atoms with van der Waals surface area (Å²) in [4.78, 5) is 0. The summed E-state index contributed by atoms with van der Waals surface area (Å²) >= 11 is 0. The van der Waals surface area contributed by atoms with Crippen LogP contribution in [-0.4, -0.2) is 11.2 Å². The second-order valence-corrected chi connectivity index (χ2v) is 2.11. The highest BCUT2D eigenvalue weighted by atomic mass is 16.3. The highest BCUT2D eigenvalue weighted by molar-refractivity contribution is 4.81. The second kappa shape index (κ2) is 3.67. The lowest BCUT2D eigenvalue weighted by Crippen LogP contribution is -2.12. The average Bonchev–Trinajstić information content (AvgIpc) is 1.84. The Labute approximate surface area is 51.0 Å². The predicted octanol–water partition coefficient (Wildman–Crippen LogP) is 1.58. The summed E-state index contributed by atoms with van der Waals surface area (Å²) in [6.07, 6.45) is 2.27. The van der Waals surface area contributed by atoms with Crippen LogP contribution in [0.25, 0.3) is 0 Å². The van der Waals surface area contributed by atoms with Crippen LogP contribution in [0.1, 0.15) is 20.3 Å². The molecule has 1 heteroatoms. The van der Waals surface area contributed by atoms with Crippen molar-refractivity contribution in [2.45, 2.75) is 26.4 Å². The first-order chi connectivity index (χ1) is 3.72. The zero-order chi connectivity index (χ0) is 6.57. The lowest BCUT2D eigenvalue weighted by Gasteiger charge is -2.10. The van der Waals surface area contributed by atoms with Crippen molar-refractivity contribution in [3.05, 3.63) is 12.7 Å². The van der Waals surface area contributed by atoms with Crippen LogP contribution in [0.3, 0.4) is 0 Å². The first-order valence-corrected chi connectivity index (χ1v) is 3.03. The molecule has 0 heterocycles. The van der Waals surface area contributed by atoms with Crippen LogP contribution in [0.15, 0.2) is 12.7 Å². The molecular weight excluding hydrogens is 100 g/mol. The number of rotatable bonds is 3. The van der Waals surface area contributed by atoms with Crippen molar-refractivity contribution in [3.8, 4) is 0 Å². The molecule has 0 aliphatic rings. The number of aliphatic hydroxyl groups is 1. The third-order valence-corrected chi connectivity index (χ3v) is 1.47. The molecule has 0 aliphatic heterocycles. The highest BCUT2D eigenvalue weighted by Gasteiger charge is 2.05. The molecule has 0 aromatic heterocycles. The Balaban J connectivity index is 3.44. The Kier molecular flexibility index (Phi) is 3.53. The number of aliphatic hydroxyl groups excluding tert-OH is 1. The molecule has 48 valence electrons. The van der Waals surface area contributed by atoms with E-state index in [1.807, 2.05) is 6.92 Å². The Morgan fingerprint density at radius 1 is 1.75 bits per heavy atom. The topological polar surface area (TPSA) is 20.2 Å². The van der Waals surface area contributed by atoms with Gasteiger partial charge in [0, 0.05) is 0 Å². The number of hydrogen-bond acceptors (Lipinski definition) is 1. The molecule has 0 unspecified atom stereocenters. The third kappa shape index (κ3) is 2.12. The Morgan fingerprint density at radius 3 is 2.38 bits per heavy atom. The van der Waals surface area contributed by atoms with Crippen LogP contribution in [0.5, 0.6) is 0 Å². The van der Waals surface area contributed by atoms with Crippen LogP contribution in [0.4, 0.5) is 0 Å². The lowest BCUT2D eigenvalue weighted by atomic mass is 10.0. The Hall–Kier alpha value is -0.300. The van der Waals surface area contributed by atoms with Crippen molar-refractivity contribution in [1.29, 1.82) is 0 Å². The van der Waals surface area contributed by atoms with Gasteiger partial charge in [0.15, 0.2) is 0 Å². The monoisotopic (exact) mass is 114 g/mol. The molecule has 0 rings (SSSR count). The van der Waals surface area contributed by atoms with Gasteiger partial charge in [-0.15, -0.1) is 6.58 Å². The molecule has 0 fully saturated rings. The van der Waals surface area contributed by atoms with Crippen molar-refractivity contribution in [3.63, 3.8) is 0 Å². The first-order valence-electron chi connectivity index (χ1n) is 3.03. The molecule has 0 bridgehead atoms. The van der Waals surface area contributed by atoms with Gasteiger partial charge in [-0.05, 0) is 5.92 Å². The molecule has 0 amide bonds. The molecule has 0 aromatic rings. The molecular formula is C7H14O. The minimum Gasteiger partial charge on any atom is -0.389 e. The van der Waals surface area contributed by atoms with Crippen LogP contribution in [0, 0.1) is 5.92 Å². The fourth-order valence-corrected chi connectivity index (χ4v) is 0.474. The fourth-order valence-electron chi connectivity index (χ4n) is 0.474. The maximum atomic E-state index is 9.01. The summed E-state index contributed by atoms with van der Waals surface area (Å²) in [5.41, 5.74) is 0. The highest BCUT2D eigenvalue weighted by Crippen LogP contribution is 2.06. The van der Waals surface area contributed by atoms with E-state index in [4.69, 9.17) is 5.11 Å². The zero-order valence-corrected chi connectivity index (χ0v) is 5.59. The van der Waals surface area contributed by atoms with Crippen molar-refractivity contribution < 1.29 is 5.11 Å². The first kappa shape index (κ1) is 7.70. The summed E-state index contributed by atoms with van der Waals surface area (Å²) in [5.74, 6) is 0.354. The number of hydrogen-bond donors (Lipinski definition) is 1. The zero-order valence-electron chi connectivity index (χ0n) is 5.59. The molecule has 0 saturated carbocycles. The Bertz CT molecular complexity index is 68.8. The molecule has 1 nitrogen and oxygen atoms in total. The van der Waals surface area contributed by atoms with Gasteiger partial charge in [-0.3, -0.25) is 0 Å². The van der Waals surface area contributed by atoms with Crippen LogP contribution in [-0.2, 0) is 0 Å². The van der Waals surface area contributed by atoms with Gasteiger partial charge < -0.3 is 5.11 Å². The quantitative estimate of drug-likeness (QED) is 0.552. The average molecular weight is 114 g/mol. The van der Waals surface area contributed by atoms with Gasteiger partial charge >= 0.3 is 0 Å². The minimum absolute atomic E-state index is 0.319. The van der Waals surface area contributed by atoms with Crippen molar-refractivity contribution >= 4 is 0 Å². The fraction of sp³-hybridized carbons (Fsp3) is 0.714. The molecule has 8 heavy (non-hydrogen) atoms. The normalized spacial score (nSPS) is 17.4. The summed E-state index contributed by atoms with van der Waals surface area (Å²) in [5, 5.41) is 9.01.